The van der Waals surface area contributed by atoms with Crippen LogP contribution in [0.1, 0.15) is 17.5 Å². The average molecular weight is 389 g/mol. The van der Waals surface area contributed by atoms with Crippen LogP contribution in [0.2, 0.25) is 5.02 Å². The van der Waals surface area contributed by atoms with E-state index in [1.165, 1.54) is 5.56 Å². The van der Waals surface area contributed by atoms with E-state index < -0.39 is 6.10 Å². The molecule has 0 bridgehead atoms. The minimum atomic E-state index is -0.460. The molecule has 1 heterocycles. The van der Waals surface area contributed by atoms with Gasteiger partial charge in [-0.15, -0.1) is 0 Å². The highest BCUT2D eigenvalue weighted by Gasteiger charge is 2.17. The first-order valence-electron chi connectivity index (χ1n) is 9.68. The Morgan fingerprint density at radius 1 is 0.889 bits per heavy atom. The molecule has 0 radical (unpaired) electrons. The molecule has 2 aromatic rings. The number of rotatable bonds is 8. The molecule has 0 amide bonds. The summed E-state index contributed by atoms with van der Waals surface area (Å²) in [5, 5.41) is 11.0. The molecule has 1 saturated heterocycles. The summed E-state index contributed by atoms with van der Waals surface area (Å²) in [6.45, 7) is 6.68. The highest BCUT2D eigenvalue weighted by atomic mass is 35.5. The fourth-order valence-corrected chi connectivity index (χ4v) is 3.58. The van der Waals surface area contributed by atoms with Crippen LogP contribution in [0, 0.1) is 0 Å². The molecule has 3 rings (SSSR count). The van der Waals surface area contributed by atoms with E-state index in [1.807, 2.05) is 24.3 Å². The molecule has 0 saturated carbocycles. The first-order valence-corrected chi connectivity index (χ1v) is 10.1. The third-order valence-corrected chi connectivity index (χ3v) is 5.14. The summed E-state index contributed by atoms with van der Waals surface area (Å²) in [4.78, 5) is 4.85. The van der Waals surface area contributed by atoms with E-state index in [2.05, 4.69) is 40.1 Å². The molecular weight excluding hydrogens is 360 g/mol. The van der Waals surface area contributed by atoms with Crippen molar-refractivity contribution in [3.8, 4) is 0 Å². The standard InChI is InChI=1S/C22H29ClN2O2/c23-21-9-7-20(8-10-21)17-27-18-22(26)16-25-12-4-11-24(13-14-25)15-19-5-2-1-3-6-19/h1-3,5-10,22,26H,4,11-18H2. The van der Waals surface area contributed by atoms with Crippen LogP contribution in [-0.2, 0) is 17.9 Å². The van der Waals surface area contributed by atoms with Crippen molar-refractivity contribution in [1.29, 1.82) is 0 Å². The molecule has 1 unspecified atom stereocenters. The van der Waals surface area contributed by atoms with Crippen molar-refractivity contribution >= 4 is 11.6 Å². The molecule has 0 spiro atoms. The summed E-state index contributed by atoms with van der Waals surface area (Å²) in [5.41, 5.74) is 2.43. The van der Waals surface area contributed by atoms with Crippen LogP contribution in [0.4, 0.5) is 0 Å². The van der Waals surface area contributed by atoms with E-state index in [0.29, 0.717) is 19.8 Å². The van der Waals surface area contributed by atoms with Gasteiger partial charge in [0, 0.05) is 31.2 Å². The quantitative estimate of drug-likeness (QED) is 0.751. The molecule has 1 aliphatic heterocycles. The monoisotopic (exact) mass is 388 g/mol. The Hall–Kier alpha value is -1.43. The van der Waals surface area contributed by atoms with Gasteiger partial charge in [0.15, 0.2) is 0 Å². The van der Waals surface area contributed by atoms with Crippen LogP contribution < -0.4 is 0 Å². The van der Waals surface area contributed by atoms with Crippen molar-refractivity contribution in [2.75, 3.05) is 39.3 Å². The van der Waals surface area contributed by atoms with Crippen LogP contribution in [0.3, 0.4) is 0 Å². The van der Waals surface area contributed by atoms with Crippen molar-refractivity contribution in [3.63, 3.8) is 0 Å². The maximum absolute atomic E-state index is 10.3. The van der Waals surface area contributed by atoms with E-state index in [0.717, 1.165) is 49.7 Å². The summed E-state index contributed by atoms with van der Waals surface area (Å²) in [7, 11) is 0. The van der Waals surface area contributed by atoms with Gasteiger partial charge in [0.2, 0.25) is 0 Å². The van der Waals surface area contributed by atoms with E-state index in [9.17, 15) is 5.11 Å². The number of ether oxygens (including phenoxy) is 1. The molecule has 1 aliphatic rings. The van der Waals surface area contributed by atoms with Crippen molar-refractivity contribution < 1.29 is 9.84 Å². The van der Waals surface area contributed by atoms with Gasteiger partial charge in [-0.25, -0.2) is 0 Å². The summed E-state index contributed by atoms with van der Waals surface area (Å²) >= 11 is 5.88. The highest BCUT2D eigenvalue weighted by molar-refractivity contribution is 6.30. The van der Waals surface area contributed by atoms with Crippen LogP contribution >= 0.6 is 11.6 Å². The first-order chi connectivity index (χ1) is 13.2. The van der Waals surface area contributed by atoms with Crippen LogP contribution in [0.25, 0.3) is 0 Å². The van der Waals surface area contributed by atoms with Gasteiger partial charge < -0.3 is 9.84 Å². The van der Waals surface area contributed by atoms with Gasteiger partial charge in [-0.1, -0.05) is 54.1 Å². The largest absolute Gasteiger partial charge is 0.389 e. The SMILES string of the molecule is OC(COCc1ccc(Cl)cc1)CN1CCCN(Cc2ccccc2)CC1. The van der Waals surface area contributed by atoms with Gasteiger partial charge in [0.05, 0.1) is 19.3 Å². The number of halogens is 1. The molecule has 5 heteroatoms. The van der Waals surface area contributed by atoms with E-state index in [1.54, 1.807) is 0 Å². The number of aliphatic hydroxyl groups is 1. The molecule has 2 aromatic carbocycles. The van der Waals surface area contributed by atoms with Crippen LogP contribution in [0.5, 0.6) is 0 Å². The minimum absolute atomic E-state index is 0.354. The molecule has 1 atom stereocenters. The lowest BCUT2D eigenvalue weighted by Gasteiger charge is -2.24. The second kappa shape index (κ2) is 10.8. The molecule has 1 fully saturated rings. The highest BCUT2D eigenvalue weighted by Crippen LogP contribution is 2.11. The number of hydrogen-bond donors (Lipinski definition) is 1. The van der Waals surface area contributed by atoms with Gasteiger partial charge in [-0.05, 0) is 42.8 Å². The molecule has 146 valence electrons. The zero-order valence-electron chi connectivity index (χ0n) is 15.8. The van der Waals surface area contributed by atoms with Gasteiger partial charge in [-0.2, -0.15) is 0 Å². The Balaban J connectivity index is 1.35. The summed E-state index contributed by atoms with van der Waals surface area (Å²) in [5.74, 6) is 0. The second-order valence-corrected chi connectivity index (χ2v) is 7.65. The Labute approximate surface area is 167 Å². The van der Waals surface area contributed by atoms with Crippen molar-refractivity contribution in [1.82, 2.24) is 9.80 Å². The van der Waals surface area contributed by atoms with Crippen molar-refractivity contribution in [2.45, 2.75) is 25.7 Å². The third-order valence-electron chi connectivity index (χ3n) is 4.89. The van der Waals surface area contributed by atoms with E-state index >= 15 is 0 Å². The zero-order chi connectivity index (χ0) is 18.9. The van der Waals surface area contributed by atoms with E-state index in [-0.39, 0.29) is 0 Å². The lowest BCUT2D eigenvalue weighted by Crippen LogP contribution is -2.37. The lowest BCUT2D eigenvalue weighted by molar-refractivity contribution is 0.0105. The second-order valence-electron chi connectivity index (χ2n) is 7.21. The van der Waals surface area contributed by atoms with Gasteiger partial charge in [-0.3, -0.25) is 9.80 Å². The number of nitrogens with zero attached hydrogens (tertiary/aromatic N) is 2. The topological polar surface area (TPSA) is 35.9 Å². The minimum Gasteiger partial charge on any atom is -0.389 e. The van der Waals surface area contributed by atoms with Crippen molar-refractivity contribution in [3.05, 3.63) is 70.7 Å². The fraction of sp³-hybridized carbons (Fsp3) is 0.455. The Kier molecular flexibility index (Phi) is 8.11. The normalized spacial score (nSPS) is 17.6. The maximum atomic E-state index is 10.3. The molecule has 0 aliphatic carbocycles. The van der Waals surface area contributed by atoms with Gasteiger partial charge >= 0.3 is 0 Å². The Morgan fingerprint density at radius 3 is 2.37 bits per heavy atom. The number of benzene rings is 2. The number of β-amino-alcohol motifs (C(OH)–C–C–N with tert-alkyl or cyclic N) is 1. The maximum Gasteiger partial charge on any atom is 0.0900 e. The molecule has 1 N–H and O–H groups in total. The van der Waals surface area contributed by atoms with E-state index in [4.69, 9.17) is 16.3 Å². The molecular formula is C22H29ClN2O2. The van der Waals surface area contributed by atoms with Gasteiger partial charge in [0.25, 0.3) is 0 Å². The Bertz CT molecular complexity index is 666. The lowest BCUT2D eigenvalue weighted by atomic mass is 10.2. The van der Waals surface area contributed by atoms with Crippen LogP contribution in [0.15, 0.2) is 54.6 Å². The summed E-state index contributed by atoms with van der Waals surface area (Å²) in [6.07, 6.45) is 0.670. The fourth-order valence-electron chi connectivity index (χ4n) is 3.45. The van der Waals surface area contributed by atoms with Crippen molar-refractivity contribution in [2.24, 2.45) is 0 Å². The summed E-state index contributed by atoms with van der Waals surface area (Å²) < 4.78 is 5.66. The zero-order valence-corrected chi connectivity index (χ0v) is 16.5. The number of aliphatic hydroxyl groups excluding tert-OH is 1. The van der Waals surface area contributed by atoms with Crippen LogP contribution in [-0.4, -0.2) is 60.3 Å². The third kappa shape index (κ3) is 7.24. The molecule has 4 nitrogen and oxygen atoms in total. The summed E-state index contributed by atoms with van der Waals surface area (Å²) in [6, 6.07) is 18.2. The molecule has 0 aromatic heterocycles. The predicted octanol–water partition coefficient (Wildman–Crippen LogP) is 3.43. The smallest absolute Gasteiger partial charge is 0.0900 e. The average Bonchev–Trinajstić information content (AvgIpc) is 2.89. The first kappa shape index (κ1) is 20.3. The van der Waals surface area contributed by atoms with Gasteiger partial charge in [0.1, 0.15) is 0 Å². The predicted molar refractivity (Wildman–Crippen MR) is 110 cm³/mol. The number of hydrogen-bond acceptors (Lipinski definition) is 4. The molecule has 27 heavy (non-hydrogen) atoms. The Morgan fingerprint density at radius 2 is 1.59 bits per heavy atom.